The molecule has 0 aliphatic rings. The van der Waals surface area contributed by atoms with E-state index in [1.807, 2.05) is 59.1 Å². The van der Waals surface area contributed by atoms with Crippen molar-refractivity contribution in [3.63, 3.8) is 0 Å². The van der Waals surface area contributed by atoms with Crippen molar-refractivity contribution in [1.29, 1.82) is 0 Å². The topological polar surface area (TPSA) is 46.4 Å². The zero-order chi connectivity index (χ0) is 16.1. The van der Waals surface area contributed by atoms with Gasteiger partial charge in [0.25, 0.3) is 0 Å². The third kappa shape index (κ3) is 3.56. The van der Waals surface area contributed by atoms with Crippen molar-refractivity contribution in [3.05, 3.63) is 54.7 Å². The lowest BCUT2D eigenvalue weighted by molar-refractivity contribution is -0.113. The molecule has 1 amide bonds. The molecule has 118 valence electrons. The van der Waals surface area contributed by atoms with Crippen molar-refractivity contribution in [2.45, 2.75) is 13.3 Å². The molecular weight excluding hydrogens is 306 g/mol. The van der Waals surface area contributed by atoms with Gasteiger partial charge in [-0.25, -0.2) is 4.98 Å². The van der Waals surface area contributed by atoms with Gasteiger partial charge in [-0.15, -0.1) is 0 Å². The number of pyridine rings is 1. The second-order valence-corrected chi connectivity index (χ2v) is 6.31. The zero-order valence-corrected chi connectivity index (χ0v) is 13.8. The quantitative estimate of drug-likeness (QED) is 0.695. The number of anilines is 1. The Morgan fingerprint density at radius 2 is 1.96 bits per heavy atom. The van der Waals surface area contributed by atoms with Gasteiger partial charge < -0.3 is 5.32 Å². The highest BCUT2D eigenvalue weighted by Gasteiger charge is 2.15. The highest BCUT2D eigenvalue weighted by molar-refractivity contribution is 7.99. The molecule has 3 aromatic rings. The number of hydrogen-bond donors (Lipinski definition) is 1. The molecule has 1 N–H and O–H groups in total. The maximum atomic E-state index is 12.2. The van der Waals surface area contributed by atoms with E-state index in [0.29, 0.717) is 5.75 Å². The van der Waals surface area contributed by atoms with Crippen LogP contribution in [-0.4, -0.2) is 26.8 Å². The minimum atomic E-state index is 0.00582. The largest absolute Gasteiger partial charge is 0.309 e. The van der Waals surface area contributed by atoms with E-state index in [9.17, 15) is 4.79 Å². The van der Waals surface area contributed by atoms with Crippen LogP contribution in [0.25, 0.3) is 16.9 Å². The van der Waals surface area contributed by atoms with Gasteiger partial charge in [0.05, 0.1) is 5.75 Å². The van der Waals surface area contributed by atoms with Crippen molar-refractivity contribution < 1.29 is 4.79 Å². The Balaban J connectivity index is 1.95. The standard InChI is InChI=1S/C18H19N3OS/c1-2-12-23-13-16(22)20-18-17(14-8-4-3-5-9-14)19-15-10-6-7-11-21(15)18/h3-11H,2,12-13H2,1H3,(H,20,22). The van der Waals surface area contributed by atoms with E-state index in [4.69, 9.17) is 0 Å². The van der Waals surface area contributed by atoms with Crippen LogP contribution in [0.2, 0.25) is 0 Å². The van der Waals surface area contributed by atoms with Crippen LogP contribution < -0.4 is 5.32 Å². The molecule has 0 atom stereocenters. The molecule has 3 rings (SSSR count). The van der Waals surface area contributed by atoms with Gasteiger partial charge in [-0.05, 0) is 24.3 Å². The Bertz CT molecular complexity index is 798. The average molecular weight is 325 g/mol. The molecule has 23 heavy (non-hydrogen) atoms. The summed E-state index contributed by atoms with van der Waals surface area (Å²) in [6, 6.07) is 15.7. The molecule has 0 saturated carbocycles. The van der Waals surface area contributed by atoms with Crippen LogP contribution >= 0.6 is 11.8 Å². The first kappa shape index (κ1) is 15.6. The Hall–Kier alpha value is -2.27. The second kappa shape index (κ2) is 7.33. The Kier molecular flexibility index (Phi) is 4.98. The Morgan fingerprint density at radius 3 is 2.74 bits per heavy atom. The van der Waals surface area contributed by atoms with Crippen molar-refractivity contribution in [3.8, 4) is 11.3 Å². The van der Waals surface area contributed by atoms with Gasteiger partial charge in [0.15, 0.2) is 0 Å². The monoisotopic (exact) mass is 325 g/mol. The van der Waals surface area contributed by atoms with Gasteiger partial charge in [0.2, 0.25) is 5.91 Å². The van der Waals surface area contributed by atoms with E-state index >= 15 is 0 Å². The molecule has 0 fully saturated rings. The molecular formula is C18H19N3OS. The number of hydrogen-bond acceptors (Lipinski definition) is 3. The third-order valence-corrected chi connectivity index (χ3v) is 4.58. The number of nitrogens with one attached hydrogen (secondary N) is 1. The summed E-state index contributed by atoms with van der Waals surface area (Å²) in [5.74, 6) is 2.19. The molecule has 0 unspecified atom stereocenters. The Labute approximate surface area is 139 Å². The molecule has 2 aromatic heterocycles. The molecule has 4 nitrogen and oxygen atoms in total. The second-order valence-electron chi connectivity index (χ2n) is 5.20. The number of rotatable bonds is 6. The van der Waals surface area contributed by atoms with Crippen LogP contribution in [0, 0.1) is 0 Å². The number of imidazole rings is 1. The zero-order valence-electron chi connectivity index (χ0n) is 13.0. The van der Waals surface area contributed by atoms with E-state index in [2.05, 4.69) is 17.2 Å². The number of nitrogens with zero attached hydrogens (tertiary/aromatic N) is 2. The Morgan fingerprint density at radius 1 is 1.17 bits per heavy atom. The summed E-state index contributed by atoms with van der Waals surface area (Å²) in [5, 5.41) is 3.03. The molecule has 0 aliphatic heterocycles. The molecule has 1 aromatic carbocycles. The van der Waals surface area contributed by atoms with Crippen molar-refractivity contribution in [2.24, 2.45) is 0 Å². The summed E-state index contributed by atoms with van der Waals surface area (Å²) in [7, 11) is 0. The number of fused-ring (bicyclic) bond motifs is 1. The van der Waals surface area contributed by atoms with Gasteiger partial charge >= 0.3 is 0 Å². The maximum Gasteiger partial charge on any atom is 0.235 e. The van der Waals surface area contributed by atoms with E-state index in [1.165, 1.54) is 0 Å². The van der Waals surface area contributed by atoms with Gasteiger partial charge in [0.1, 0.15) is 17.2 Å². The molecule has 0 saturated heterocycles. The fourth-order valence-electron chi connectivity index (χ4n) is 2.39. The summed E-state index contributed by atoms with van der Waals surface area (Å²) >= 11 is 1.65. The highest BCUT2D eigenvalue weighted by Crippen LogP contribution is 2.28. The highest BCUT2D eigenvalue weighted by atomic mass is 32.2. The van der Waals surface area contributed by atoms with Crippen LogP contribution in [0.15, 0.2) is 54.7 Å². The summed E-state index contributed by atoms with van der Waals surface area (Å²) in [5.41, 5.74) is 2.61. The maximum absolute atomic E-state index is 12.2. The first-order valence-electron chi connectivity index (χ1n) is 7.69. The molecule has 0 bridgehead atoms. The molecule has 2 heterocycles. The van der Waals surface area contributed by atoms with Gasteiger partial charge in [0, 0.05) is 11.8 Å². The first-order chi connectivity index (χ1) is 11.3. The van der Waals surface area contributed by atoms with Crippen LogP contribution in [-0.2, 0) is 4.79 Å². The first-order valence-corrected chi connectivity index (χ1v) is 8.85. The summed E-state index contributed by atoms with van der Waals surface area (Å²) in [4.78, 5) is 16.9. The lowest BCUT2D eigenvalue weighted by Crippen LogP contribution is -2.16. The van der Waals surface area contributed by atoms with Crippen molar-refractivity contribution in [1.82, 2.24) is 9.38 Å². The van der Waals surface area contributed by atoms with Crippen LogP contribution in [0.1, 0.15) is 13.3 Å². The molecule has 0 radical (unpaired) electrons. The molecule has 0 aliphatic carbocycles. The summed E-state index contributed by atoms with van der Waals surface area (Å²) in [6.45, 7) is 2.11. The number of carbonyl (C=O) groups is 1. The van der Waals surface area contributed by atoms with Gasteiger partial charge in [-0.3, -0.25) is 9.20 Å². The fraction of sp³-hybridized carbons (Fsp3) is 0.222. The molecule has 5 heteroatoms. The smallest absolute Gasteiger partial charge is 0.235 e. The lowest BCUT2D eigenvalue weighted by atomic mass is 10.1. The molecule has 0 spiro atoms. The predicted octanol–water partition coefficient (Wildman–Crippen LogP) is 4.08. The third-order valence-electron chi connectivity index (χ3n) is 3.42. The van der Waals surface area contributed by atoms with Crippen LogP contribution in [0.3, 0.4) is 0 Å². The van der Waals surface area contributed by atoms with E-state index < -0.39 is 0 Å². The average Bonchev–Trinajstić information content (AvgIpc) is 2.95. The van der Waals surface area contributed by atoms with Crippen LogP contribution in [0.5, 0.6) is 0 Å². The fourth-order valence-corrected chi connectivity index (χ4v) is 3.08. The summed E-state index contributed by atoms with van der Waals surface area (Å²) in [6.07, 6.45) is 2.99. The summed E-state index contributed by atoms with van der Waals surface area (Å²) < 4.78 is 1.92. The van der Waals surface area contributed by atoms with Crippen molar-refractivity contribution in [2.75, 3.05) is 16.8 Å². The number of carbonyl (C=O) groups excluding carboxylic acids is 1. The van der Waals surface area contributed by atoms with Gasteiger partial charge in [-0.1, -0.05) is 43.3 Å². The van der Waals surface area contributed by atoms with Gasteiger partial charge in [-0.2, -0.15) is 11.8 Å². The lowest BCUT2D eigenvalue weighted by Gasteiger charge is -2.07. The number of thioether (sulfide) groups is 1. The predicted molar refractivity (Wildman–Crippen MR) is 96.9 cm³/mol. The van der Waals surface area contributed by atoms with E-state index in [1.54, 1.807) is 11.8 Å². The van der Waals surface area contributed by atoms with Crippen molar-refractivity contribution >= 4 is 29.1 Å². The minimum Gasteiger partial charge on any atom is -0.309 e. The number of aromatic nitrogens is 2. The SMILES string of the molecule is CCCSCC(=O)Nc1c(-c2ccccc2)nc2ccccn12. The van der Waals surface area contributed by atoms with Crippen LogP contribution in [0.4, 0.5) is 5.82 Å². The number of amides is 1. The van der Waals surface area contributed by atoms with E-state index in [-0.39, 0.29) is 5.91 Å². The number of benzene rings is 1. The minimum absolute atomic E-state index is 0.00582. The van der Waals surface area contributed by atoms with E-state index in [0.717, 1.165) is 34.9 Å². The normalized spacial score (nSPS) is 10.8.